The Morgan fingerprint density at radius 2 is 2.07 bits per heavy atom. The number of aliphatic imine (C=N–C) groups is 1. The summed E-state index contributed by atoms with van der Waals surface area (Å²) in [4.78, 5) is 31.4. The van der Waals surface area contributed by atoms with Gasteiger partial charge in [-0.25, -0.2) is 4.99 Å². The van der Waals surface area contributed by atoms with Gasteiger partial charge in [0.15, 0.2) is 5.17 Å². The van der Waals surface area contributed by atoms with Crippen LogP contribution >= 0.6 is 39.3 Å². The largest absolute Gasteiger partial charge is 0.326 e. The van der Waals surface area contributed by atoms with Crippen LogP contribution in [0.4, 0.5) is 11.4 Å². The van der Waals surface area contributed by atoms with E-state index in [2.05, 4.69) is 26.2 Å². The summed E-state index contributed by atoms with van der Waals surface area (Å²) in [5.74, 6) is -0.334. The number of hydrogen-bond donors (Lipinski definition) is 1. The van der Waals surface area contributed by atoms with Gasteiger partial charge in [0.1, 0.15) is 5.25 Å². The van der Waals surface area contributed by atoms with Gasteiger partial charge in [-0.15, -0.1) is 0 Å². The Morgan fingerprint density at radius 1 is 1.32 bits per heavy atom. The van der Waals surface area contributed by atoms with Gasteiger partial charge in [0.2, 0.25) is 11.8 Å². The average Bonchev–Trinajstić information content (AvgIpc) is 2.94. The van der Waals surface area contributed by atoms with E-state index in [-0.39, 0.29) is 18.2 Å². The van der Waals surface area contributed by atoms with Crippen molar-refractivity contribution in [2.24, 2.45) is 4.99 Å². The fourth-order valence-electron chi connectivity index (χ4n) is 2.71. The predicted molar refractivity (Wildman–Crippen MR) is 119 cm³/mol. The highest BCUT2D eigenvalue weighted by Gasteiger charge is 2.38. The van der Waals surface area contributed by atoms with E-state index in [1.807, 2.05) is 44.2 Å². The number of amides is 2. The Kier molecular flexibility index (Phi) is 6.80. The van der Waals surface area contributed by atoms with Crippen LogP contribution in [0, 0.1) is 6.92 Å². The normalized spacial score (nSPS) is 18.0. The number of carbonyl (C=O) groups excluding carboxylic acids is 2. The number of nitrogens with zero attached hydrogens (tertiary/aromatic N) is 2. The van der Waals surface area contributed by atoms with Gasteiger partial charge in [-0.3, -0.25) is 14.5 Å². The van der Waals surface area contributed by atoms with Crippen molar-refractivity contribution >= 4 is 67.6 Å². The molecule has 0 spiro atoms. The van der Waals surface area contributed by atoms with Gasteiger partial charge in [0, 0.05) is 28.1 Å². The number of anilines is 1. The number of halogens is 2. The van der Waals surface area contributed by atoms with Crippen LogP contribution in [-0.4, -0.2) is 33.7 Å². The van der Waals surface area contributed by atoms with Crippen LogP contribution < -0.4 is 5.32 Å². The third kappa shape index (κ3) is 4.77. The molecule has 8 heteroatoms. The Balaban J connectivity index is 1.72. The third-order valence-corrected chi connectivity index (χ3v) is 6.48. The zero-order chi connectivity index (χ0) is 20.3. The minimum Gasteiger partial charge on any atom is -0.326 e. The van der Waals surface area contributed by atoms with E-state index >= 15 is 0 Å². The van der Waals surface area contributed by atoms with E-state index in [1.165, 1.54) is 11.8 Å². The smallest absolute Gasteiger partial charge is 0.242 e. The number of nitrogens with one attached hydrogen (secondary N) is 1. The molecule has 1 unspecified atom stereocenters. The van der Waals surface area contributed by atoms with Crippen molar-refractivity contribution in [2.75, 3.05) is 11.9 Å². The molecule has 0 radical (unpaired) electrons. The number of rotatable bonds is 5. The van der Waals surface area contributed by atoms with Crippen molar-refractivity contribution in [2.45, 2.75) is 25.5 Å². The summed E-state index contributed by atoms with van der Waals surface area (Å²) in [7, 11) is 0. The molecule has 1 aliphatic rings. The number of benzene rings is 2. The summed E-state index contributed by atoms with van der Waals surface area (Å²) in [6.07, 6.45) is 0.0699. The summed E-state index contributed by atoms with van der Waals surface area (Å²) < 4.78 is 0.851. The number of hydrogen-bond acceptors (Lipinski definition) is 4. The molecule has 1 heterocycles. The summed E-state index contributed by atoms with van der Waals surface area (Å²) in [5.41, 5.74) is 2.30. The van der Waals surface area contributed by atoms with Crippen LogP contribution in [0.2, 0.25) is 5.02 Å². The van der Waals surface area contributed by atoms with Crippen LogP contribution in [-0.2, 0) is 9.59 Å². The lowest BCUT2D eigenvalue weighted by Gasteiger charge is -2.13. The summed E-state index contributed by atoms with van der Waals surface area (Å²) in [6, 6.07) is 12.9. The molecule has 5 nitrogen and oxygen atoms in total. The van der Waals surface area contributed by atoms with Crippen LogP contribution in [0.3, 0.4) is 0 Å². The molecule has 1 atom stereocenters. The van der Waals surface area contributed by atoms with Crippen molar-refractivity contribution in [3.63, 3.8) is 0 Å². The second kappa shape index (κ2) is 9.11. The molecule has 0 aliphatic carbocycles. The molecule has 3 rings (SSSR count). The molecule has 0 saturated carbocycles. The standard InChI is InChI=1S/C20H19BrClN3O2S/c1-3-25-19(27)17(28-20(25)24-16-7-5-4-6-14(16)21)11-18(26)23-13-9-8-12(2)15(22)10-13/h4-10,17H,3,11H2,1-2H3,(H,23,26). The van der Waals surface area contributed by atoms with E-state index < -0.39 is 5.25 Å². The Labute approximate surface area is 181 Å². The molecule has 1 aliphatic heterocycles. The lowest BCUT2D eigenvalue weighted by atomic mass is 10.2. The van der Waals surface area contributed by atoms with Gasteiger partial charge in [0.05, 0.1) is 5.69 Å². The second-order valence-corrected chi connectivity index (χ2v) is 8.68. The number of thioether (sulfide) groups is 1. The average molecular weight is 481 g/mol. The molecule has 1 saturated heterocycles. The quantitative estimate of drug-likeness (QED) is 0.624. The van der Waals surface area contributed by atoms with E-state index in [1.54, 1.807) is 17.0 Å². The van der Waals surface area contributed by atoms with Crippen LogP contribution in [0.25, 0.3) is 0 Å². The molecule has 2 aromatic rings. The van der Waals surface area contributed by atoms with Crippen molar-refractivity contribution in [3.05, 3.63) is 57.5 Å². The zero-order valence-electron chi connectivity index (χ0n) is 15.4. The van der Waals surface area contributed by atoms with Gasteiger partial charge in [0.25, 0.3) is 0 Å². The molecule has 2 amide bonds. The first-order valence-electron chi connectivity index (χ1n) is 8.76. The maximum Gasteiger partial charge on any atom is 0.242 e. The minimum absolute atomic E-state index is 0.0699. The molecular formula is C20H19BrClN3O2S. The van der Waals surface area contributed by atoms with E-state index in [4.69, 9.17) is 11.6 Å². The SMILES string of the molecule is CCN1C(=O)C(CC(=O)Nc2ccc(C)c(Cl)c2)SC1=Nc1ccccc1Br. The molecule has 1 fully saturated rings. The fraction of sp³-hybridized carbons (Fsp3) is 0.250. The lowest BCUT2D eigenvalue weighted by molar-refractivity contribution is -0.128. The molecular weight excluding hydrogens is 462 g/mol. The highest BCUT2D eigenvalue weighted by Crippen LogP contribution is 2.33. The Bertz CT molecular complexity index is 951. The molecule has 28 heavy (non-hydrogen) atoms. The van der Waals surface area contributed by atoms with Gasteiger partial charge in [-0.2, -0.15) is 0 Å². The second-order valence-electron chi connectivity index (χ2n) is 6.25. The van der Waals surface area contributed by atoms with Gasteiger partial charge in [-0.05, 0) is 59.6 Å². The fourth-order valence-corrected chi connectivity index (χ4v) is 4.48. The van der Waals surface area contributed by atoms with Crippen molar-refractivity contribution < 1.29 is 9.59 Å². The Morgan fingerprint density at radius 3 is 2.75 bits per heavy atom. The lowest BCUT2D eigenvalue weighted by Crippen LogP contribution is -2.33. The summed E-state index contributed by atoms with van der Waals surface area (Å²) in [6.45, 7) is 4.29. The van der Waals surface area contributed by atoms with Crippen LogP contribution in [0.15, 0.2) is 51.9 Å². The van der Waals surface area contributed by atoms with Gasteiger partial charge in [-0.1, -0.05) is 41.6 Å². The summed E-state index contributed by atoms with van der Waals surface area (Å²) >= 11 is 10.9. The van der Waals surface area contributed by atoms with Crippen LogP contribution in [0.1, 0.15) is 18.9 Å². The number of amidine groups is 1. The van der Waals surface area contributed by atoms with Gasteiger partial charge < -0.3 is 5.32 Å². The first-order valence-corrected chi connectivity index (χ1v) is 10.8. The first-order chi connectivity index (χ1) is 13.4. The van der Waals surface area contributed by atoms with E-state index in [0.717, 1.165) is 15.7 Å². The number of para-hydroxylation sites is 1. The Hall–Kier alpha value is -1.83. The van der Waals surface area contributed by atoms with Gasteiger partial charge >= 0.3 is 0 Å². The molecule has 2 aromatic carbocycles. The van der Waals surface area contributed by atoms with Crippen molar-refractivity contribution in [3.8, 4) is 0 Å². The van der Waals surface area contributed by atoms with E-state index in [9.17, 15) is 9.59 Å². The minimum atomic E-state index is -0.498. The molecule has 146 valence electrons. The predicted octanol–water partition coefficient (Wildman–Crippen LogP) is 5.39. The third-order valence-electron chi connectivity index (χ3n) is 4.23. The zero-order valence-corrected chi connectivity index (χ0v) is 18.6. The highest BCUT2D eigenvalue weighted by atomic mass is 79.9. The molecule has 0 aromatic heterocycles. The van der Waals surface area contributed by atoms with Crippen LogP contribution in [0.5, 0.6) is 0 Å². The summed E-state index contributed by atoms with van der Waals surface area (Å²) in [5, 5.41) is 3.51. The first kappa shape index (κ1) is 20.9. The van der Waals surface area contributed by atoms with E-state index in [0.29, 0.717) is 22.4 Å². The number of carbonyl (C=O) groups is 2. The maximum atomic E-state index is 12.7. The monoisotopic (exact) mass is 479 g/mol. The topological polar surface area (TPSA) is 61.8 Å². The highest BCUT2D eigenvalue weighted by molar-refractivity contribution is 9.10. The maximum absolute atomic E-state index is 12.7. The number of aryl methyl sites for hydroxylation is 1. The molecule has 1 N–H and O–H groups in total. The van der Waals surface area contributed by atoms with Crippen molar-refractivity contribution in [1.82, 2.24) is 4.90 Å². The molecule has 0 bridgehead atoms. The van der Waals surface area contributed by atoms with Crippen molar-refractivity contribution in [1.29, 1.82) is 0 Å².